The first-order valence-electron chi connectivity index (χ1n) is 6.68. The van der Waals surface area contributed by atoms with Crippen LogP contribution in [0.15, 0.2) is 33.8 Å². The molecule has 0 unspecified atom stereocenters. The minimum absolute atomic E-state index is 0.0511. The number of benzene rings is 1. The molecule has 1 N–H and O–H groups in total. The van der Waals surface area contributed by atoms with Gasteiger partial charge in [-0.3, -0.25) is 15.0 Å². The van der Waals surface area contributed by atoms with E-state index in [1.165, 1.54) is 0 Å². The van der Waals surface area contributed by atoms with Crippen LogP contribution in [-0.4, -0.2) is 36.1 Å². The molecule has 2 heterocycles. The van der Waals surface area contributed by atoms with Crippen molar-refractivity contribution in [2.75, 3.05) is 11.5 Å². The normalized spacial score (nSPS) is 23.2. The molecule has 0 saturated carbocycles. The van der Waals surface area contributed by atoms with Crippen molar-refractivity contribution in [3.05, 3.63) is 28.7 Å². The Hall–Kier alpha value is -2.22. The molecule has 3 rings (SSSR count). The lowest BCUT2D eigenvalue weighted by Crippen LogP contribution is -2.36. The van der Waals surface area contributed by atoms with E-state index in [0.717, 1.165) is 9.37 Å². The second kappa shape index (κ2) is 5.53. The van der Waals surface area contributed by atoms with E-state index in [9.17, 15) is 14.4 Å². The number of fused-ring (bicyclic) bond motifs is 1. The molecule has 2 atom stereocenters. The Morgan fingerprint density at radius 2 is 2.00 bits per heavy atom. The maximum Gasteiger partial charge on any atom is 0.355 e. The fraction of sp³-hybridized carbons (Fsp3) is 0.286. The fourth-order valence-electron chi connectivity index (χ4n) is 2.51. The smallest absolute Gasteiger partial charge is 0.355 e. The predicted octanol–water partition coefficient (Wildman–Crippen LogP) is 0.829. The number of nitrogens with one attached hydrogen (secondary N) is 1. The largest absolute Gasteiger partial charge is 0.461 e. The number of nitrogens with zero attached hydrogens (tertiary/aromatic N) is 2. The number of carbonyl (C=O) groups is 3. The number of hydrogen-bond donors (Lipinski definition) is 1. The van der Waals surface area contributed by atoms with Crippen LogP contribution in [0.5, 0.6) is 0 Å². The Morgan fingerprint density at radius 1 is 1.32 bits per heavy atom. The summed E-state index contributed by atoms with van der Waals surface area (Å²) in [5.41, 5.74) is 2.97. The molecule has 1 fully saturated rings. The van der Waals surface area contributed by atoms with Crippen LogP contribution in [0.2, 0.25) is 0 Å². The van der Waals surface area contributed by atoms with Gasteiger partial charge in [-0.05, 0) is 31.2 Å². The van der Waals surface area contributed by atoms with Crippen molar-refractivity contribution in [1.82, 2.24) is 5.43 Å². The van der Waals surface area contributed by atoms with Gasteiger partial charge in [-0.25, -0.2) is 9.69 Å². The lowest BCUT2D eigenvalue weighted by atomic mass is 9.99. The van der Waals surface area contributed by atoms with Gasteiger partial charge < -0.3 is 4.74 Å². The maximum atomic E-state index is 12.6. The molecule has 0 spiro atoms. The zero-order chi connectivity index (χ0) is 15.9. The van der Waals surface area contributed by atoms with Crippen LogP contribution in [0.1, 0.15) is 6.92 Å². The van der Waals surface area contributed by atoms with Gasteiger partial charge in [0.05, 0.1) is 12.3 Å². The van der Waals surface area contributed by atoms with Crippen molar-refractivity contribution >= 4 is 45.1 Å². The fourth-order valence-corrected chi connectivity index (χ4v) is 2.77. The van der Waals surface area contributed by atoms with E-state index in [-0.39, 0.29) is 12.3 Å². The second-order valence-corrected chi connectivity index (χ2v) is 5.71. The summed E-state index contributed by atoms with van der Waals surface area (Å²) < 4.78 is 5.71. The monoisotopic (exact) mass is 365 g/mol. The lowest BCUT2D eigenvalue weighted by molar-refractivity contribution is -0.136. The third-order valence-corrected chi connectivity index (χ3v) is 4.02. The highest BCUT2D eigenvalue weighted by Crippen LogP contribution is 2.31. The van der Waals surface area contributed by atoms with Gasteiger partial charge in [-0.2, -0.15) is 5.10 Å². The number of rotatable bonds is 3. The lowest BCUT2D eigenvalue weighted by Gasteiger charge is -2.15. The SMILES string of the molecule is CCOC(=O)C1=NN[C@@H]2C(=O)N(c3ccc(Br)cc3)C(=O)[C@H]12. The Morgan fingerprint density at radius 3 is 2.64 bits per heavy atom. The van der Waals surface area contributed by atoms with Gasteiger partial charge >= 0.3 is 5.97 Å². The van der Waals surface area contributed by atoms with Gasteiger partial charge in [0.2, 0.25) is 5.91 Å². The number of carbonyl (C=O) groups excluding carboxylic acids is 3. The summed E-state index contributed by atoms with van der Waals surface area (Å²) in [5.74, 6) is -2.52. The quantitative estimate of drug-likeness (QED) is 0.633. The van der Waals surface area contributed by atoms with Gasteiger partial charge in [0, 0.05) is 4.47 Å². The van der Waals surface area contributed by atoms with Crippen LogP contribution in [0.3, 0.4) is 0 Å². The topological polar surface area (TPSA) is 88.1 Å². The highest BCUT2D eigenvalue weighted by atomic mass is 79.9. The molecule has 8 heteroatoms. The molecule has 1 aromatic carbocycles. The van der Waals surface area contributed by atoms with Crippen molar-refractivity contribution in [2.45, 2.75) is 13.0 Å². The zero-order valence-corrected chi connectivity index (χ0v) is 13.2. The summed E-state index contributed by atoms with van der Waals surface area (Å²) in [6.45, 7) is 1.84. The molecule has 7 nitrogen and oxygen atoms in total. The van der Waals surface area contributed by atoms with E-state index in [4.69, 9.17) is 4.74 Å². The Balaban J connectivity index is 1.91. The summed E-state index contributed by atoms with van der Waals surface area (Å²) >= 11 is 3.30. The predicted molar refractivity (Wildman–Crippen MR) is 81.1 cm³/mol. The Kier molecular flexibility index (Phi) is 3.69. The van der Waals surface area contributed by atoms with Gasteiger partial charge in [0.25, 0.3) is 5.91 Å². The molecule has 114 valence electrons. The highest BCUT2D eigenvalue weighted by Gasteiger charge is 2.55. The van der Waals surface area contributed by atoms with E-state index < -0.39 is 29.7 Å². The molecule has 0 aromatic heterocycles. The molecule has 2 amide bonds. The van der Waals surface area contributed by atoms with Crippen LogP contribution in [0.25, 0.3) is 0 Å². The van der Waals surface area contributed by atoms with Crippen molar-refractivity contribution < 1.29 is 19.1 Å². The van der Waals surface area contributed by atoms with E-state index in [1.807, 2.05) is 0 Å². The number of hydrogen-bond acceptors (Lipinski definition) is 6. The minimum Gasteiger partial charge on any atom is -0.461 e. The van der Waals surface area contributed by atoms with Crippen LogP contribution < -0.4 is 10.3 Å². The first-order chi connectivity index (χ1) is 10.5. The number of hydrazone groups is 1. The van der Waals surface area contributed by atoms with Crippen LogP contribution in [0, 0.1) is 5.92 Å². The van der Waals surface area contributed by atoms with Gasteiger partial charge in [0.15, 0.2) is 5.71 Å². The van der Waals surface area contributed by atoms with Gasteiger partial charge in [-0.1, -0.05) is 15.9 Å². The molecule has 0 bridgehead atoms. The number of anilines is 1. The molecule has 1 aromatic rings. The first-order valence-corrected chi connectivity index (χ1v) is 7.47. The minimum atomic E-state index is -0.935. The average molecular weight is 366 g/mol. The number of esters is 1. The number of imide groups is 1. The van der Waals surface area contributed by atoms with Crippen molar-refractivity contribution in [2.24, 2.45) is 11.0 Å². The second-order valence-electron chi connectivity index (χ2n) is 4.79. The summed E-state index contributed by atoms with van der Waals surface area (Å²) in [4.78, 5) is 37.9. The molecule has 22 heavy (non-hydrogen) atoms. The van der Waals surface area contributed by atoms with Gasteiger partial charge in [-0.15, -0.1) is 0 Å². The average Bonchev–Trinajstić information content (AvgIpc) is 3.03. The molecular weight excluding hydrogens is 354 g/mol. The summed E-state index contributed by atoms with van der Waals surface area (Å²) in [6.07, 6.45) is 0. The summed E-state index contributed by atoms with van der Waals surface area (Å²) in [7, 11) is 0. The first kappa shape index (κ1) is 14.7. The molecular formula is C14H12BrN3O4. The number of amides is 2. The molecule has 0 aliphatic carbocycles. The van der Waals surface area contributed by atoms with Crippen LogP contribution in [0.4, 0.5) is 5.69 Å². The molecule has 2 aliphatic heterocycles. The van der Waals surface area contributed by atoms with E-state index in [0.29, 0.717) is 5.69 Å². The zero-order valence-electron chi connectivity index (χ0n) is 11.6. The Labute approximate surface area is 134 Å². The molecule has 2 aliphatic rings. The third kappa shape index (κ3) is 2.19. The van der Waals surface area contributed by atoms with Crippen molar-refractivity contribution in [1.29, 1.82) is 0 Å². The number of ether oxygens (including phenoxy) is 1. The molecule has 0 radical (unpaired) electrons. The maximum absolute atomic E-state index is 12.6. The third-order valence-electron chi connectivity index (χ3n) is 3.49. The summed E-state index contributed by atoms with van der Waals surface area (Å²) in [5, 5.41) is 3.80. The van der Waals surface area contributed by atoms with Crippen molar-refractivity contribution in [3.8, 4) is 0 Å². The van der Waals surface area contributed by atoms with Gasteiger partial charge in [0.1, 0.15) is 12.0 Å². The van der Waals surface area contributed by atoms with E-state index >= 15 is 0 Å². The Bertz CT molecular complexity index is 686. The van der Waals surface area contributed by atoms with Crippen molar-refractivity contribution in [3.63, 3.8) is 0 Å². The van der Waals surface area contributed by atoms with Crippen LogP contribution >= 0.6 is 15.9 Å². The van der Waals surface area contributed by atoms with E-state index in [1.54, 1.807) is 31.2 Å². The highest BCUT2D eigenvalue weighted by molar-refractivity contribution is 9.10. The summed E-state index contributed by atoms with van der Waals surface area (Å²) in [6, 6.07) is 5.93. The standard InChI is InChI=1S/C14H12BrN3O4/c1-2-22-14(21)11-9-10(16-17-11)13(20)18(12(9)19)8-5-3-7(15)4-6-8/h3-6,9-10,16H,2H2,1H3/t9-,10-/m0/s1. The van der Waals surface area contributed by atoms with Crippen LogP contribution in [-0.2, 0) is 19.1 Å². The van der Waals surface area contributed by atoms with E-state index in [2.05, 4.69) is 26.5 Å². The molecule has 1 saturated heterocycles. The number of halogens is 1.